The summed E-state index contributed by atoms with van der Waals surface area (Å²) < 4.78 is 26.8. The molecule has 1 N–H and O–H groups in total. The van der Waals surface area contributed by atoms with E-state index in [0.717, 1.165) is 36.8 Å². The minimum Gasteiger partial charge on any atom is -0.354 e. The van der Waals surface area contributed by atoms with E-state index in [-0.39, 0.29) is 23.3 Å². The molecule has 0 aliphatic heterocycles. The van der Waals surface area contributed by atoms with Gasteiger partial charge in [0, 0.05) is 24.9 Å². The summed E-state index contributed by atoms with van der Waals surface area (Å²) in [5.74, 6) is -0.0449. The van der Waals surface area contributed by atoms with Crippen molar-refractivity contribution in [1.29, 1.82) is 0 Å². The third-order valence-corrected chi connectivity index (χ3v) is 7.77. The summed E-state index contributed by atoms with van der Waals surface area (Å²) in [5.41, 5.74) is 2.56. The Morgan fingerprint density at radius 1 is 1.14 bits per heavy atom. The van der Waals surface area contributed by atoms with Crippen LogP contribution in [0.2, 0.25) is 0 Å². The first kappa shape index (κ1) is 20.5. The van der Waals surface area contributed by atoms with Crippen LogP contribution in [0.5, 0.6) is 0 Å². The predicted molar refractivity (Wildman–Crippen MR) is 110 cm³/mol. The van der Waals surface area contributed by atoms with Crippen LogP contribution in [0.4, 0.5) is 0 Å². The number of amides is 1. The fraction of sp³-hybridized carbons (Fsp3) is 0.455. The average molecular weight is 401 g/mol. The van der Waals surface area contributed by atoms with Gasteiger partial charge in [-0.3, -0.25) is 9.78 Å². The van der Waals surface area contributed by atoms with Crippen LogP contribution in [-0.2, 0) is 14.6 Å². The van der Waals surface area contributed by atoms with Crippen molar-refractivity contribution in [2.24, 2.45) is 5.92 Å². The van der Waals surface area contributed by atoms with Gasteiger partial charge in [-0.05, 0) is 61.6 Å². The number of aryl methyl sites for hydroxylation is 2. The summed E-state index contributed by atoms with van der Waals surface area (Å²) in [6, 6.07) is 8.65. The van der Waals surface area contributed by atoms with E-state index in [0.29, 0.717) is 5.56 Å². The van der Waals surface area contributed by atoms with E-state index < -0.39 is 15.1 Å². The molecule has 0 bridgehead atoms. The Kier molecular flexibility index (Phi) is 6.50. The maximum absolute atomic E-state index is 13.4. The van der Waals surface area contributed by atoms with Crippen LogP contribution in [0.3, 0.4) is 0 Å². The molecule has 1 aromatic heterocycles. The predicted octanol–water partition coefficient (Wildman–Crippen LogP) is 3.91. The Balaban J connectivity index is 1.86. The SMILES string of the molecule is Cc1ccc(S(=O)(=O)[C@@H](CNC(=O)C2CCCCC2)c2cccnc2)cc1C. The average Bonchev–Trinajstić information content (AvgIpc) is 2.71. The molecule has 0 saturated heterocycles. The standard InChI is InChI=1S/C22H28N2O3S/c1-16-10-11-20(13-17(16)2)28(26,27)21(19-9-6-12-23-14-19)15-24-22(25)18-7-4-3-5-8-18/h6,9-14,18,21H,3-5,7-8,15H2,1-2H3,(H,24,25)/t21-/m0/s1. The monoisotopic (exact) mass is 400 g/mol. The molecule has 0 unspecified atom stereocenters. The molecule has 2 aromatic rings. The van der Waals surface area contributed by atoms with Gasteiger partial charge < -0.3 is 5.32 Å². The fourth-order valence-corrected chi connectivity index (χ4v) is 5.46. The molecule has 1 heterocycles. The molecular formula is C22H28N2O3S. The molecule has 1 aromatic carbocycles. The van der Waals surface area contributed by atoms with Gasteiger partial charge in [-0.15, -0.1) is 0 Å². The molecule has 1 atom stereocenters. The highest BCUT2D eigenvalue weighted by Crippen LogP contribution is 2.30. The number of carbonyl (C=O) groups excluding carboxylic acids is 1. The lowest BCUT2D eigenvalue weighted by Gasteiger charge is -2.23. The number of nitrogens with zero attached hydrogens (tertiary/aromatic N) is 1. The van der Waals surface area contributed by atoms with Crippen LogP contribution in [0.1, 0.15) is 54.0 Å². The lowest BCUT2D eigenvalue weighted by atomic mass is 9.88. The molecule has 28 heavy (non-hydrogen) atoms. The van der Waals surface area contributed by atoms with Crippen LogP contribution in [-0.4, -0.2) is 25.9 Å². The summed E-state index contributed by atoms with van der Waals surface area (Å²) in [6.45, 7) is 3.91. The maximum atomic E-state index is 13.4. The molecule has 5 nitrogen and oxygen atoms in total. The Labute approximate surface area is 167 Å². The highest BCUT2D eigenvalue weighted by atomic mass is 32.2. The number of rotatable bonds is 6. The van der Waals surface area contributed by atoms with E-state index in [4.69, 9.17) is 0 Å². The van der Waals surface area contributed by atoms with E-state index in [9.17, 15) is 13.2 Å². The first-order chi connectivity index (χ1) is 13.4. The lowest BCUT2D eigenvalue weighted by Crippen LogP contribution is -2.36. The van der Waals surface area contributed by atoms with Crippen molar-refractivity contribution in [2.75, 3.05) is 6.54 Å². The zero-order valence-corrected chi connectivity index (χ0v) is 17.3. The van der Waals surface area contributed by atoms with Crippen LogP contribution in [0.15, 0.2) is 47.6 Å². The number of hydrogen-bond donors (Lipinski definition) is 1. The number of sulfone groups is 1. The molecule has 0 spiro atoms. The normalized spacial score (nSPS) is 16.5. The third kappa shape index (κ3) is 4.61. The van der Waals surface area contributed by atoms with Gasteiger partial charge >= 0.3 is 0 Å². The lowest BCUT2D eigenvalue weighted by molar-refractivity contribution is -0.125. The second-order valence-corrected chi connectivity index (χ2v) is 9.78. The van der Waals surface area contributed by atoms with Gasteiger partial charge in [-0.1, -0.05) is 31.4 Å². The van der Waals surface area contributed by atoms with Crippen molar-refractivity contribution in [1.82, 2.24) is 10.3 Å². The molecular weight excluding hydrogens is 372 g/mol. The first-order valence-corrected chi connectivity index (χ1v) is 11.4. The first-order valence-electron chi connectivity index (χ1n) is 9.88. The smallest absolute Gasteiger partial charge is 0.223 e. The highest BCUT2D eigenvalue weighted by Gasteiger charge is 2.31. The summed E-state index contributed by atoms with van der Waals surface area (Å²) in [7, 11) is -3.67. The number of nitrogens with one attached hydrogen (secondary N) is 1. The van der Waals surface area contributed by atoms with Crippen molar-refractivity contribution >= 4 is 15.7 Å². The van der Waals surface area contributed by atoms with Gasteiger partial charge in [-0.25, -0.2) is 8.42 Å². The van der Waals surface area contributed by atoms with Gasteiger partial charge in [0.05, 0.1) is 4.90 Å². The molecule has 150 valence electrons. The minimum atomic E-state index is -3.67. The Morgan fingerprint density at radius 3 is 2.54 bits per heavy atom. The Morgan fingerprint density at radius 2 is 1.89 bits per heavy atom. The second kappa shape index (κ2) is 8.86. The molecule has 0 radical (unpaired) electrons. The number of benzene rings is 1. The molecule has 3 rings (SSSR count). The fourth-order valence-electron chi connectivity index (χ4n) is 3.73. The molecule has 1 fully saturated rings. The molecule has 1 aliphatic carbocycles. The quantitative estimate of drug-likeness (QED) is 0.798. The number of hydrogen-bond acceptors (Lipinski definition) is 4. The van der Waals surface area contributed by atoms with Gasteiger partial charge in [0.25, 0.3) is 0 Å². The maximum Gasteiger partial charge on any atom is 0.223 e. The summed E-state index contributed by atoms with van der Waals surface area (Å²) in [4.78, 5) is 16.9. The van der Waals surface area contributed by atoms with Crippen molar-refractivity contribution < 1.29 is 13.2 Å². The molecule has 1 saturated carbocycles. The Hall–Kier alpha value is -2.21. The highest BCUT2D eigenvalue weighted by molar-refractivity contribution is 7.91. The number of pyridine rings is 1. The second-order valence-electron chi connectivity index (χ2n) is 7.65. The summed E-state index contributed by atoms with van der Waals surface area (Å²) in [6.07, 6.45) is 8.24. The minimum absolute atomic E-state index is 0.00683. The Bertz CT molecular complexity index is 920. The van der Waals surface area contributed by atoms with Crippen LogP contribution in [0, 0.1) is 19.8 Å². The van der Waals surface area contributed by atoms with Gasteiger partial charge in [0.15, 0.2) is 9.84 Å². The summed E-state index contributed by atoms with van der Waals surface area (Å²) in [5, 5.41) is 2.04. The van der Waals surface area contributed by atoms with Crippen LogP contribution >= 0.6 is 0 Å². The van der Waals surface area contributed by atoms with E-state index in [2.05, 4.69) is 10.3 Å². The van der Waals surface area contributed by atoms with E-state index in [1.165, 1.54) is 6.42 Å². The van der Waals surface area contributed by atoms with Crippen molar-refractivity contribution in [2.45, 2.75) is 56.1 Å². The van der Waals surface area contributed by atoms with E-state index in [1.54, 1.807) is 36.7 Å². The van der Waals surface area contributed by atoms with E-state index in [1.807, 2.05) is 19.9 Å². The van der Waals surface area contributed by atoms with Gasteiger partial charge in [0.2, 0.25) is 5.91 Å². The number of carbonyl (C=O) groups is 1. The molecule has 6 heteroatoms. The van der Waals surface area contributed by atoms with Crippen LogP contribution in [0.25, 0.3) is 0 Å². The van der Waals surface area contributed by atoms with Crippen molar-refractivity contribution in [3.63, 3.8) is 0 Å². The molecule has 1 aliphatic rings. The largest absolute Gasteiger partial charge is 0.354 e. The summed E-state index contributed by atoms with van der Waals surface area (Å²) >= 11 is 0. The van der Waals surface area contributed by atoms with Crippen molar-refractivity contribution in [3.05, 3.63) is 59.4 Å². The number of aromatic nitrogens is 1. The topological polar surface area (TPSA) is 76.1 Å². The zero-order valence-electron chi connectivity index (χ0n) is 16.5. The zero-order chi connectivity index (χ0) is 20.1. The third-order valence-electron chi connectivity index (χ3n) is 5.68. The molecule has 1 amide bonds. The van der Waals surface area contributed by atoms with E-state index >= 15 is 0 Å². The van der Waals surface area contributed by atoms with Crippen LogP contribution < -0.4 is 5.32 Å². The van der Waals surface area contributed by atoms with Gasteiger partial charge in [-0.2, -0.15) is 0 Å². The van der Waals surface area contributed by atoms with Gasteiger partial charge in [0.1, 0.15) is 5.25 Å². The van der Waals surface area contributed by atoms with Crippen molar-refractivity contribution in [3.8, 4) is 0 Å².